The molecule has 0 saturated heterocycles. The zero-order valence-electron chi connectivity index (χ0n) is 11.4. The standard InChI is InChI=1S/C13H19NO4/c1-9(15)8-14(2)13-11(17-4)6-10(16-3)7-12(13)18-5/h6-7H,8H2,1-5H3. The first-order valence-electron chi connectivity index (χ1n) is 5.54. The van der Waals surface area contributed by atoms with Crippen molar-refractivity contribution in [1.29, 1.82) is 0 Å². The van der Waals surface area contributed by atoms with Gasteiger partial charge in [0.05, 0.1) is 27.9 Å². The lowest BCUT2D eigenvalue weighted by Gasteiger charge is -2.23. The van der Waals surface area contributed by atoms with Crippen LogP contribution < -0.4 is 19.1 Å². The minimum Gasteiger partial charge on any atom is -0.496 e. The average Bonchev–Trinajstić information content (AvgIpc) is 2.35. The van der Waals surface area contributed by atoms with Crippen LogP contribution in [0.3, 0.4) is 0 Å². The summed E-state index contributed by atoms with van der Waals surface area (Å²) in [4.78, 5) is 13.0. The van der Waals surface area contributed by atoms with Crippen LogP contribution in [0, 0.1) is 0 Å². The summed E-state index contributed by atoms with van der Waals surface area (Å²) in [7, 11) is 6.53. The van der Waals surface area contributed by atoms with Crippen molar-refractivity contribution in [3.8, 4) is 17.2 Å². The fourth-order valence-corrected chi connectivity index (χ4v) is 1.78. The Labute approximate surface area is 107 Å². The zero-order chi connectivity index (χ0) is 13.7. The molecule has 100 valence electrons. The number of carbonyl (C=O) groups is 1. The maximum Gasteiger partial charge on any atom is 0.149 e. The van der Waals surface area contributed by atoms with Gasteiger partial charge in [-0.3, -0.25) is 4.79 Å². The Morgan fingerprint density at radius 3 is 1.94 bits per heavy atom. The van der Waals surface area contributed by atoms with Crippen LogP contribution in [0.15, 0.2) is 12.1 Å². The van der Waals surface area contributed by atoms with Gasteiger partial charge >= 0.3 is 0 Å². The molecular weight excluding hydrogens is 234 g/mol. The number of hydrogen-bond donors (Lipinski definition) is 0. The third-order valence-corrected chi connectivity index (χ3v) is 2.53. The largest absolute Gasteiger partial charge is 0.496 e. The molecule has 5 nitrogen and oxygen atoms in total. The Morgan fingerprint density at radius 1 is 1.11 bits per heavy atom. The lowest BCUT2D eigenvalue weighted by atomic mass is 10.2. The second-order valence-corrected chi connectivity index (χ2v) is 3.94. The van der Waals surface area contributed by atoms with E-state index in [-0.39, 0.29) is 5.78 Å². The maximum absolute atomic E-state index is 11.2. The molecule has 0 unspecified atom stereocenters. The minimum atomic E-state index is 0.0671. The van der Waals surface area contributed by atoms with Crippen LogP contribution in [0.4, 0.5) is 5.69 Å². The number of methoxy groups -OCH3 is 3. The molecule has 18 heavy (non-hydrogen) atoms. The Balaban J connectivity index is 3.25. The molecule has 0 bridgehead atoms. The number of Topliss-reactive ketones (excluding diaryl/α,β-unsaturated/α-hetero) is 1. The van der Waals surface area contributed by atoms with E-state index in [4.69, 9.17) is 14.2 Å². The molecule has 0 saturated carbocycles. The van der Waals surface area contributed by atoms with Gasteiger partial charge in [-0.25, -0.2) is 0 Å². The summed E-state index contributed by atoms with van der Waals surface area (Å²) in [5.74, 6) is 1.92. The first-order valence-corrected chi connectivity index (χ1v) is 5.54. The predicted octanol–water partition coefficient (Wildman–Crippen LogP) is 1.74. The molecule has 1 rings (SSSR count). The summed E-state index contributed by atoms with van der Waals surface area (Å²) < 4.78 is 15.8. The van der Waals surface area contributed by atoms with Gasteiger partial charge in [-0.1, -0.05) is 0 Å². The van der Waals surface area contributed by atoms with Crippen LogP contribution in [0.25, 0.3) is 0 Å². The van der Waals surface area contributed by atoms with Gasteiger partial charge in [0.2, 0.25) is 0 Å². The molecule has 0 heterocycles. The summed E-state index contributed by atoms with van der Waals surface area (Å²) in [5.41, 5.74) is 0.732. The normalized spacial score (nSPS) is 9.83. The van der Waals surface area contributed by atoms with Gasteiger partial charge in [0.25, 0.3) is 0 Å². The van der Waals surface area contributed by atoms with E-state index in [1.807, 2.05) is 7.05 Å². The number of rotatable bonds is 6. The van der Waals surface area contributed by atoms with Crippen molar-refractivity contribution in [3.63, 3.8) is 0 Å². The van der Waals surface area contributed by atoms with Gasteiger partial charge < -0.3 is 19.1 Å². The molecule has 0 atom stereocenters. The number of nitrogens with zero attached hydrogens (tertiary/aromatic N) is 1. The highest BCUT2D eigenvalue weighted by atomic mass is 16.5. The Hall–Kier alpha value is -1.91. The van der Waals surface area contributed by atoms with E-state index in [0.717, 1.165) is 5.69 Å². The van der Waals surface area contributed by atoms with E-state index in [9.17, 15) is 4.79 Å². The lowest BCUT2D eigenvalue weighted by molar-refractivity contribution is -0.115. The molecule has 1 aromatic rings. The molecule has 0 fully saturated rings. The Morgan fingerprint density at radius 2 is 1.61 bits per heavy atom. The van der Waals surface area contributed by atoms with Gasteiger partial charge in [-0.15, -0.1) is 0 Å². The van der Waals surface area contributed by atoms with Crippen molar-refractivity contribution in [1.82, 2.24) is 0 Å². The summed E-state index contributed by atoms with van der Waals surface area (Å²) in [6.45, 7) is 1.83. The summed E-state index contributed by atoms with van der Waals surface area (Å²) in [6.07, 6.45) is 0. The fourth-order valence-electron chi connectivity index (χ4n) is 1.78. The van der Waals surface area contributed by atoms with E-state index in [2.05, 4.69) is 0 Å². The monoisotopic (exact) mass is 253 g/mol. The van der Waals surface area contributed by atoms with Crippen LogP contribution in [0.1, 0.15) is 6.92 Å². The third-order valence-electron chi connectivity index (χ3n) is 2.53. The smallest absolute Gasteiger partial charge is 0.149 e. The highest BCUT2D eigenvalue weighted by Gasteiger charge is 2.17. The van der Waals surface area contributed by atoms with Gasteiger partial charge in [0.15, 0.2) is 0 Å². The number of ether oxygens (including phenoxy) is 3. The van der Waals surface area contributed by atoms with E-state index in [0.29, 0.717) is 23.8 Å². The molecule has 0 aromatic heterocycles. The summed E-state index contributed by atoms with van der Waals surface area (Å²) in [6, 6.07) is 3.52. The van der Waals surface area contributed by atoms with Crippen LogP contribution in [-0.2, 0) is 4.79 Å². The number of hydrogen-bond acceptors (Lipinski definition) is 5. The van der Waals surface area contributed by atoms with Crippen molar-refractivity contribution in [2.45, 2.75) is 6.92 Å². The van der Waals surface area contributed by atoms with Crippen molar-refractivity contribution in [2.24, 2.45) is 0 Å². The third kappa shape index (κ3) is 3.06. The second kappa shape index (κ2) is 6.14. The van der Waals surface area contributed by atoms with Crippen molar-refractivity contribution in [2.75, 3.05) is 39.8 Å². The summed E-state index contributed by atoms with van der Waals surface area (Å²) >= 11 is 0. The van der Waals surface area contributed by atoms with E-state index in [1.54, 1.807) is 45.3 Å². The van der Waals surface area contributed by atoms with Crippen LogP contribution in [0.2, 0.25) is 0 Å². The first kappa shape index (κ1) is 14.2. The molecule has 0 amide bonds. The Bertz CT molecular complexity index is 406. The highest BCUT2D eigenvalue weighted by molar-refractivity contribution is 5.83. The fraction of sp³-hybridized carbons (Fsp3) is 0.462. The summed E-state index contributed by atoms with van der Waals surface area (Å²) in [5, 5.41) is 0. The second-order valence-electron chi connectivity index (χ2n) is 3.94. The molecule has 0 aliphatic carbocycles. The van der Waals surface area contributed by atoms with E-state index >= 15 is 0 Å². The van der Waals surface area contributed by atoms with Crippen molar-refractivity contribution in [3.05, 3.63) is 12.1 Å². The molecule has 0 radical (unpaired) electrons. The van der Waals surface area contributed by atoms with E-state index in [1.165, 1.54) is 0 Å². The molecule has 0 aliphatic rings. The number of anilines is 1. The van der Waals surface area contributed by atoms with Crippen LogP contribution >= 0.6 is 0 Å². The van der Waals surface area contributed by atoms with E-state index < -0.39 is 0 Å². The maximum atomic E-state index is 11.2. The molecule has 0 N–H and O–H groups in total. The highest BCUT2D eigenvalue weighted by Crippen LogP contribution is 2.40. The van der Waals surface area contributed by atoms with Crippen LogP contribution in [0.5, 0.6) is 17.2 Å². The van der Waals surface area contributed by atoms with Crippen LogP contribution in [-0.4, -0.2) is 40.7 Å². The predicted molar refractivity (Wildman–Crippen MR) is 70.0 cm³/mol. The topological polar surface area (TPSA) is 48.0 Å². The molecular formula is C13H19NO4. The lowest BCUT2D eigenvalue weighted by Crippen LogP contribution is -2.24. The number of carbonyl (C=O) groups excluding carboxylic acids is 1. The average molecular weight is 253 g/mol. The zero-order valence-corrected chi connectivity index (χ0v) is 11.4. The Kier molecular flexibility index (Phi) is 4.83. The number of likely N-dealkylation sites (N-methyl/N-ethyl adjacent to an activating group) is 1. The van der Waals surface area contributed by atoms with Crippen molar-refractivity contribution >= 4 is 11.5 Å². The quantitative estimate of drug-likeness (QED) is 0.772. The molecule has 0 spiro atoms. The molecule has 0 aliphatic heterocycles. The number of ketones is 1. The van der Waals surface area contributed by atoms with Gasteiger partial charge in [0, 0.05) is 19.2 Å². The minimum absolute atomic E-state index is 0.0671. The molecule has 5 heteroatoms. The number of benzene rings is 1. The van der Waals surface area contributed by atoms with Gasteiger partial charge in [-0.05, 0) is 6.92 Å². The van der Waals surface area contributed by atoms with Gasteiger partial charge in [0.1, 0.15) is 28.7 Å². The first-order chi connectivity index (χ1) is 8.53. The SMILES string of the molecule is COc1cc(OC)c(N(C)CC(C)=O)c(OC)c1. The van der Waals surface area contributed by atoms with Gasteiger partial charge in [-0.2, -0.15) is 0 Å². The van der Waals surface area contributed by atoms with Crippen molar-refractivity contribution < 1.29 is 19.0 Å². The molecule has 1 aromatic carbocycles.